The number of hydrogen-bond acceptors (Lipinski definition) is 5. The Bertz CT molecular complexity index is 1050. The van der Waals surface area contributed by atoms with Gasteiger partial charge in [0.2, 0.25) is 0 Å². The van der Waals surface area contributed by atoms with Gasteiger partial charge in [-0.2, -0.15) is 4.98 Å². The van der Waals surface area contributed by atoms with Crippen LogP contribution in [0.25, 0.3) is 21.3 Å². The van der Waals surface area contributed by atoms with Gasteiger partial charge in [0, 0.05) is 0 Å². The van der Waals surface area contributed by atoms with Crippen LogP contribution in [0.15, 0.2) is 28.7 Å². The molecular weight excluding hydrogens is 353 g/mol. The summed E-state index contributed by atoms with van der Waals surface area (Å²) in [6.07, 6.45) is 0. The lowest BCUT2D eigenvalue weighted by Crippen LogP contribution is -1.88. The zero-order valence-electron chi connectivity index (χ0n) is 12.3. The molecule has 0 spiro atoms. The summed E-state index contributed by atoms with van der Waals surface area (Å²) in [6.45, 7) is 4.04. The van der Waals surface area contributed by atoms with Gasteiger partial charge in [-0.25, -0.2) is 4.98 Å². The largest absolute Gasteiger partial charge is 0.423 e. The molecule has 0 saturated heterocycles. The van der Waals surface area contributed by atoms with E-state index in [1.807, 2.05) is 26.0 Å². The number of fused-ring (bicyclic) bond motifs is 2. The number of halogens is 2. The van der Waals surface area contributed by atoms with E-state index in [9.17, 15) is 0 Å². The van der Waals surface area contributed by atoms with Crippen LogP contribution in [-0.2, 0) is 0 Å². The summed E-state index contributed by atoms with van der Waals surface area (Å²) in [5.74, 6) is 0. The Labute approximate surface area is 146 Å². The predicted molar refractivity (Wildman–Crippen MR) is 96.4 cm³/mol. The van der Waals surface area contributed by atoms with Gasteiger partial charge in [-0.05, 0) is 43.2 Å². The summed E-state index contributed by atoms with van der Waals surface area (Å²) in [5.41, 5.74) is 4.48. The third-order valence-electron chi connectivity index (χ3n) is 3.49. The van der Waals surface area contributed by atoms with Crippen molar-refractivity contribution in [3.8, 4) is 0 Å². The fraction of sp³-hybridized carbons (Fsp3) is 0.125. The number of aromatic nitrogens is 2. The van der Waals surface area contributed by atoms with Gasteiger partial charge in [-0.15, -0.1) is 0 Å². The fourth-order valence-corrected chi connectivity index (χ4v) is 3.79. The van der Waals surface area contributed by atoms with Crippen molar-refractivity contribution in [3.63, 3.8) is 0 Å². The van der Waals surface area contributed by atoms with Crippen LogP contribution >= 0.6 is 34.5 Å². The maximum Gasteiger partial charge on any atom is 0.302 e. The molecule has 0 atom stereocenters. The zero-order valence-corrected chi connectivity index (χ0v) is 14.6. The monoisotopic (exact) mass is 363 g/mol. The number of nitrogens with zero attached hydrogens (tertiary/aromatic N) is 2. The Hall–Kier alpha value is -1.82. The predicted octanol–water partition coefficient (Wildman–Crippen LogP) is 6.10. The van der Waals surface area contributed by atoms with E-state index in [1.54, 1.807) is 6.07 Å². The molecule has 0 saturated carbocycles. The maximum absolute atomic E-state index is 6.19. The van der Waals surface area contributed by atoms with Gasteiger partial charge in [0.1, 0.15) is 11.0 Å². The SMILES string of the molecule is Cc1cc(C)c2oc(Nc3nc4c(Cl)c(Cl)ccc4s3)nc2c1. The van der Waals surface area contributed by atoms with E-state index in [2.05, 4.69) is 21.4 Å². The molecule has 4 rings (SSSR count). The normalized spacial score (nSPS) is 11.5. The molecule has 23 heavy (non-hydrogen) atoms. The van der Waals surface area contributed by atoms with E-state index in [0.29, 0.717) is 26.7 Å². The van der Waals surface area contributed by atoms with Crippen LogP contribution in [0.5, 0.6) is 0 Å². The first-order valence-electron chi connectivity index (χ1n) is 6.90. The van der Waals surface area contributed by atoms with Crippen molar-refractivity contribution in [2.24, 2.45) is 0 Å². The molecule has 0 unspecified atom stereocenters. The molecule has 0 bridgehead atoms. The van der Waals surface area contributed by atoms with E-state index in [1.165, 1.54) is 11.3 Å². The van der Waals surface area contributed by atoms with Crippen molar-refractivity contribution in [1.82, 2.24) is 9.97 Å². The molecule has 0 aliphatic rings. The topological polar surface area (TPSA) is 51.0 Å². The first-order valence-corrected chi connectivity index (χ1v) is 8.48. The summed E-state index contributed by atoms with van der Waals surface area (Å²) in [7, 11) is 0. The first-order chi connectivity index (χ1) is 11.0. The zero-order chi connectivity index (χ0) is 16.1. The first kappa shape index (κ1) is 14.8. The van der Waals surface area contributed by atoms with E-state index in [4.69, 9.17) is 27.6 Å². The molecule has 0 fully saturated rings. The average Bonchev–Trinajstić information content (AvgIpc) is 3.07. The van der Waals surface area contributed by atoms with E-state index in [0.717, 1.165) is 26.9 Å². The highest BCUT2D eigenvalue weighted by atomic mass is 35.5. The van der Waals surface area contributed by atoms with Crippen molar-refractivity contribution in [3.05, 3.63) is 45.4 Å². The lowest BCUT2D eigenvalue weighted by molar-refractivity contribution is 0.620. The molecule has 2 aromatic heterocycles. The second-order valence-corrected chi connectivity index (χ2v) is 7.12. The van der Waals surface area contributed by atoms with Crippen molar-refractivity contribution in [1.29, 1.82) is 0 Å². The van der Waals surface area contributed by atoms with Gasteiger partial charge in [-0.3, -0.25) is 5.32 Å². The van der Waals surface area contributed by atoms with Crippen molar-refractivity contribution < 1.29 is 4.42 Å². The number of oxazole rings is 1. The van der Waals surface area contributed by atoms with Gasteiger partial charge in [-0.1, -0.05) is 40.6 Å². The van der Waals surface area contributed by atoms with Crippen molar-refractivity contribution >= 4 is 67.0 Å². The molecule has 2 heterocycles. The molecule has 1 N–H and O–H groups in total. The maximum atomic E-state index is 6.19. The molecule has 0 radical (unpaired) electrons. The molecule has 116 valence electrons. The molecule has 7 heteroatoms. The van der Waals surface area contributed by atoms with Gasteiger partial charge in [0.05, 0.1) is 14.7 Å². The smallest absolute Gasteiger partial charge is 0.302 e. The molecular formula is C16H11Cl2N3OS. The molecule has 0 aliphatic heterocycles. The van der Waals surface area contributed by atoms with E-state index >= 15 is 0 Å². The highest BCUT2D eigenvalue weighted by Crippen LogP contribution is 2.36. The minimum absolute atomic E-state index is 0.412. The van der Waals surface area contributed by atoms with Crippen molar-refractivity contribution in [2.45, 2.75) is 13.8 Å². The Kier molecular flexibility index (Phi) is 3.44. The van der Waals surface area contributed by atoms with E-state index in [-0.39, 0.29) is 0 Å². The summed E-state index contributed by atoms with van der Waals surface area (Å²) in [5, 5.41) is 4.71. The van der Waals surface area contributed by atoms with Gasteiger partial charge < -0.3 is 4.42 Å². The lowest BCUT2D eigenvalue weighted by Gasteiger charge is -1.95. The molecule has 0 aliphatic carbocycles. The van der Waals surface area contributed by atoms with Crippen LogP contribution in [0.2, 0.25) is 10.0 Å². The molecule has 0 amide bonds. The third kappa shape index (κ3) is 2.55. The highest BCUT2D eigenvalue weighted by Gasteiger charge is 2.13. The number of anilines is 2. The number of thiazole rings is 1. The number of hydrogen-bond donors (Lipinski definition) is 1. The lowest BCUT2D eigenvalue weighted by atomic mass is 10.1. The molecule has 4 nitrogen and oxygen atoms in total. The quantitative estimate of drug-likeness (QED) is 0.467. The fourth-order valence-electron chi connectivity index (χ4n) is 2.51. The number of aryl methyl sites for hydroxylation is 2. The minimum Gasteiger partial charge on any atom is -0.423 e. The van der Waals surface area contributed by atoms with Crippen LogP contribution in [0.3, 0.4) is 0 Å². The summed E-state index contributed by atoms with van der Waals surface area (Å²) >= 11 is 13.7. The highest BCUT2D eigenvalue weighted by molar-refractivity contribution is 7.22. The van der Waals surface area contributed by atoms with Crippen LogP contribution in [0, 0.1) is 13.8 Å². The average molecular weight is 364 g/mol. The number of benzene rings is 2. The van der Waals surface area contributed by atoms with Gasteiger partial charge >= 0.3 is 6.01 Å². The van der Waals surface area contributed by atoms with E-state index < -0.39 is 0 Å². The summed E-state index contributed by atoms with van der Waals surface area (Å²) in [4.78, 5) is 8.94. The standard InChI is InChI=1S/C16H11Cl2N3OS/c1-7-5-8(2)14-10(6-7)19-15(22-14)21-16-20-13-11(23-16)4-3-9(17)12(13)18/h3-6H,1-2H3,(H,19,20,21). The van der Waals surface area contributed by atoms with Crippen LogP contribution in [-0.4, -0.2) is 9.97 Å². The Balaban J connectivity index is 1.76. The summed E-state index contributed by atoms with van der Waals surface area (Å²) in [6, 6.07) is 8.13. The van der Waals surface area contributed by atoms with Crippen LogP contribution < -0.4 is 5.32 Å². The second kappa shape index (κ2) is 5.37. The number of nitrogens with one attached hydrogen (secondary N) is 1. The second-order valence-electron chi connectivity index (χ2n) is 5.30. The minimum atomic E-state index is 0.412. The van der Waals surface area contributed by atoms with Crippen LogP contribution in [0.1, 0.15) is 11.1 Å². The number of rotatable bonds is 2. The Morgan fingerprint density at radius 3 is 2.78 bits per heavy atom. The van der Waals surface area contributed by atoms with Crippen LogP contribution in [0.4, 0.5) is 11.1 Å². The summed E-state index contributed by atoms with van der Waals surface area (Å²) < 4.78 is 6.74. The van der Waals surface area contributed by atoms with Crippen molar-refractivity contribution in [2.75, 3.05) is 5.32 Å². The van der Waals surface area contributed by atoms with Gasteiger partial charge in [0.15, 0.2) is 10.7 Å². The Morgan fingerprint density at radius 2 is 1.96 bits per heavy atom. The molecule has 4 aromatic rings. The molecule has 2 aromatic carbocycles. The third-order valence-corrected chi connectivity index (χ3v) is 5.22. The van der Waals surface area contributed by atoms with Gasteiger partial charge in [0.25, 0.3) is 0 Å². The Morgan fingerprint density at radius 1 is 1.13 bits per heavy atom.